The first-order valence-corrected chi connectivity index (χ1v) is 10.7. The van der Waals surface area contributed by atoms with Gasteiger partial charge in [-0.3, -0.25) is 9.59 Å². The number of hydrogen-bond acceptors (Lipinski definition) is 4. The lowest BCUT2D eigenvalue weighted by atomic mass is 9.94. The van der Waals surface area contributed by atoms with Crippen molar-refractivity contribution in [1.82, 2.24) is 4.90 Å². The highest BCUT2D eigenvalue weighted by Crippen LogP contribution is 2.46. The summed E-state index contributed by atoms with van der Waals surface area (Å²) in [6, 6.07) is 5.91. The molecule has 4 aliphatic rings. The number of benzene rings is 1. The quantitative estimate of drug-likeness (QED) is 0.860. The summed E-state index contributed by atoms with van der Waals surface area (Å²) in [6.07, 6.45) is 10.1. The number of amides is 2. The Morgan fingerprint density at radius 1 is 1.04 bits per heavy atom. The summed E-state index contributed by atoms with van der Waals surface area (Å²) >= 11 is 0. The molecule has 6 heteroatoms. The van der Waals surface area contributed by atoms with Gasteiger partial charge >= 0.3 is 0 Å². The fourth-order valence-electron chi connectivity index (χ4n) is 5.19. The zero-order valence-electron chi connectivity index (χ0n) is 16.2. The molecule has 1 aromatic carbocycles. The fraction of sp³-hybridized carbons (Fsp3) is 0.636. The van der Waals surface area contributed by atoms with Gasteiger partial charge in [-0.05, 0) is 37.8 Å². The monoisotopic (exact) mass is 384 g/mol. The number of ether oxygens (including phenoxy) is 2. The molecule has 5 rings (SSSR count). The van der Waals surface area contributed by atoms with Gasteiger partial charge in [-0.1, -0.05) is 19.3 Å². The number of carbonyl (C=O) groups is 2. The standard InChI is InChI=1S/C22H28N2O4/c25-20-12-15(14-24(20)17-6-2-3-7-17)21(26)23-16-8-9-18-19(13-16)28-22(27-18)10-4-1-5-11-22/h8-9,13,15,17H,1-7,10-12,14H2,(H,23,26)/t15-/m1/s1. The summed E-state index contributed by atoms with van der Waals surface area (Å²) in [4.78, 5) is 27.1. The van der Waals surface area contributed by atoms with Crippen molar-refractivity contribution in [1.29, 1.82) is 0 Å². The van der Waals surface area contributed by atoms with Crippen LogP contribution in [0.25, 0.3) is 0 Å². The Labute approximate surface area is 165 Å². The maximum atomic E-state index is 12.8. The highest BCUT2D eigenvalue weighted by molar-refractivity contribution is 5.97. The van der Waals surface area contributed by atoms with Crippen LogP contribution in [-0.2, 0) is 9.59 Å². The molecule has 1 spiro atoms. The van der Waals surface area contributed by atoms with E-state index in [9.17, 15) is 9.59 Å². The number of fused-ring (bicyclic) bond motifs is 1. The second-order valence-corrected chi connectivity index (χ2v) is 8.71. The minimum Gasteiger partial charge on any atom is -0.448 e. The minimum absolute atomic E-state index is 0.0832. The molecule has 2 saturated carbocycles. The first-order valence-electron chi connectivity index (χ1n) is 10.7. The van der Waals surface area contributed by atoms with Crippen molar-refractivity contribution in [2.75, 3.05) is 11.9 Å². The molecular weight excluding hydrogens is 356 g/mol. The molecule has 2 amide bonds. The van der Waals surface area contributed by atoms with E-state index in [2.05, 4.69) is 5.32 Å². The Morgan fingerprint density at radius 3 is 2.57 bits per heavy atom. The van der Waals surface area contributed by atoms with E-state index in [0.29, 0.717) is 30.4 Å². The number of likely N-dealkylation sites (tertiary alicyclic amines) is 1. The Kier molecular flexibility index (Phi) is 4.44. The predicted octanol–water partition coefficient (Wildman–Crippen LogP) is 3.85. The third-order valence-corrected chi connectivity index (χ3v) is 6.71. The highest BCUT2D eigenvalue weighted by Gasteiger charge is 2.43. The van der Waals surface area contributed by atoms with E-state index in [1.54, 1.807) is 0 Å². The molecule has 1 aromatic rings. The van der Waals surface area contributed by atoms with Gasteiger partial charge in [0.05, 0.1) is 5.92 Å². The van der Waals surface area contributed by atoms with Gasteiger partial charge in [0.2, 0.25) is 11.8 Å². The lowest BCUT2D eigenvalue weighted by Gasteiger charge is -2.31. The Morgan fingerprint density at radius 2 is 1.79 bits per heavy atom. The molecule has 0 unspecified atom stereocenters. The number of nitrogens with one attached hydrogen (secondary N) is 1. The largest absolute Gasteiger partial charge is 0.448 e. The van der Waals surface area contributed by atoms with Crippen molar-refractivity contribution in [2.45, 2.75) is 76.0 Å². The molecule has 1 N–H and O–H groups in total. The van der Waals surface area contributed by atoms with Gasteiger partial charge in [0, 0.05) is 43.6 Å². The normalized spacial score (nSPS) is 26.2. The first-order chi connectivity index (χ1) is 13.6. The number of rotatable bonds is 3. The number of hydrogen-bond donors (Lipinski definition) is 1. The Hall–Kier alpha value is -2.24. The van der Waals surface area contributed by atoms with Gasteiger partial charge in [0.25, 0.3) is 5.79 Å². The van der Waals surface area contributed by atoms with Gasteiger partial charge in [0.1, 0.15) is 0 Å². The van der Waals surface area contributed by atoms with Crippen molar-refractivity contribution in [3.05, 3.63) is 18.2 Å². The van der Waals surface area contributed by atoms with Crippen LogP contribution in [0.4, 0.5) is 5.69 Å². The van der Waals surface area contributed by atoms with Gasteiger partial charge in [-0.2, -0.15) is 0 Å². The van der Waals surface area contributed by atoms with Gasteiger partial charge < -0.3 is 19.7 Å². The average Bonchev–Trinajstić information content (AvgIpc) is 3.40. The zero-order chi connectivity index (χ0) is 19.1. The van der Waals surface area contributed by atoms with E-state index in [4.69, 9.17) is 9.47 Å². The van der Waals surface area contributed by atoms with Crippen molar-refractivity contribution in [3.8, 4) is 11.5 Å². The molecular formula is C22H28N2O4. The van der Waals surface area contributed by atoms with Crippen LogP contribution in [0.2, 0.25) is 0 Å². The van der Waals surface area contributed by atoms with Crippen LogP contribution in [0.3, 0.4) is 0 Å². The van der Waals surface area contributed by atoms with E-state index in [-0.39, 0.29) is 17.7 Å². The van der Waals surface area contributed by atoms with E-state index in [0.717, 1.165) is 44.3 Å². The maximum Gasteiger partial charge on any atom is 0.251 e. The molecule has 2 aliphatic heterocycles. The highest BCUT2D eigenvalue weighted by atomic mass is 16.7. The van der Waals surface area contributed by atoms with Crippen molar-refractivity contribution in [2.24, 2.45) is 5.92 Å². The van der Waals surface area contributed by atoms with E-state index in [1.807, 2.05) is 23.1 Å². The lowest BCUT2D eigenvalue weighted by Crippen LogP contribution is -2.40. The number of carbonyl (C=O) groups excluding carboxylic acids is 2. The van der Waals surface area contributed by atoms with Crippen LogP contribution in [0.5, 0.6) is 11.5 Å². The number of nitrogens with zero attached hydrogens (tertiary/aromatic N) is 1. The van der Waals surface area contributed by atoms with Crippen LogP contribution in [0.1, 0.15) is 64.2 Å². The SMILES string of the molecule is O=C(Nc1ccc2c(c1)OC1(CCCCC1)O2)[C@@H]1CC(=O)N(C2CCCC2)C1. The molecule has 0 aromatic heterocycles. The second kappa shape index (κ2) is 6.98. The predicted molar refractivity (Wildman–Crippen MR) is 104 cm³/mol. The third kappa shape index (κ3) is 3.23. The van der Waals surface area contributed by atoms with Crippen LogP contribution in [0, 0.1) is 5.92 Å². The number of anilines is 1. The van der Waals surface area contributed by atoms with Crippen molar-refractivity contribution >= 4 is 17.5 Å². The zero-order valence-corrected chi connectivity index (χ0v) is 16.2. The molecule has 6 nitrogen and oxygen atoms in total. The summed E-state index contributed by atoms with van der Waals surface area (Å²) in [5, 5.41) is 2.98. The minimum atomic E-state index is -0.511. The van der Waals surface area contributed by atoms with Crippen LogP contribution in [-0.4, -0.2) is 35.1 Å². The smallest absolute Gasteiger partial charge is 0.251 e. The lowest BCUT2D eigenvalue weighted by molar-refractivity contribution is -0.129. The summed E-state index contributed by atoms with van der Waals surface area (Å²) in [7, 11) is 0. The van der Waals surface area contributed by atoms with Crippen LogP contribution >= 0.6 is 0 Å². The average molecular weight is 384 g/mol. The molecule has 0 bridgehead atoms. The van der Waals surface area contributed by atoms with Crippen molar-refractivity contribution in [3.63, 3.8) is 0 Å². The second-order valence-electron chi connectivity index (χ2n) is 8.71. The molecule has 28 heavy (non-hydrogen) atoms. The molecule has 150 valence electrons. The molecule has 2 aliphatic carbocycles. The topological polar surface area (TPSA) is 67.9 Å². The summed E-state index contributed by atoms with van der Waals surface area (Å²) in [5.41, 5.74) is 0.701. The Bertz CT molecular complexity index is 781. The van der Waals surface area contributed by atoms with E-state index < -0.39 is 5.79 Å². The van der Waals surface area contributed by atoms with E-state index in [1.165, 1.54) is 19.3 Å². The first kappa shape index (κ1) is 17.8. The van der Waals surface area contributed by atoms with E-state index >= 15 is 0 Å². The van der Waals surface area contributed by atoms with Gasteiger partial charge in [0.15, 0.2) is 11.5 Å². The Balaban J connectivity index is 1.23. The summed E-state index contributed by atoms with van der Waals surface area (Å²) in [5.74, 6) is 0.710. The van der Waals surface area contributed by atoms with Crippen LogP contribution < -0.4 is 14.8 Å². The molecule has 2 heterocycles. The maximum absolute atomic E-state index is 12.8. The van der Waals surface area contributed by atoms with Gasteiger partial charge in [-0.25, -0.2) is 0 Å². The molecule has 0 radical (unpaired) electrons. The third-order valence-electron chi connectivity index (χ3n) is 6.71. The molecule has 1 atom stereocenters. The fourth-order valence-corrected chi connectivity index (χ4v) is 5.19. The molecule has 1 saturated heterocycles. The van der Waals surface area contributed by atoms with Gasteiger partial charge in [-0.15, -0.1) is 0 Å². The van der Waals surface area contributed by atoms with Crippen molar-refractivity contribution < 1.29 is 19.1 Å². The summed E-state index contributed by atoms with van der Waals surface area (Å²) in [6.45, 7) is 0.545. The molecule has 3 fully saturated rings. The van der Waals surface area contributed by atoms with Crippen LogP contribution in [0.15, 0.2) is 18.2 Å². The summed E-state index contributed by atoms with van der Waals surface area (Å²) < 4.78 is 12.2.